The lowest BCUT2D eigenvalue weighted by atomic mass is 10.1. The predicted octanol–water partition coefficient (Wildman–Crippen LogP) is 2.16. The summed E-state index contributed by atoms with van der Waals surface area (Å²) in [5, 5.41) is 10.4. The molecule has 2 heteroatoms. The summed E-state index contributed by atoms with van der Waals surface area (Å²) < 4.78 is 0. The minimum atomic E-state index is -0.288. The largest absolute Gasteiger partial charge is 0.393 e. The molecular formula is C12H13NO. The number of hydrogen-bond acceptors (Lipinski definition) is 2. The van der Waals surface area contributed by atoms with Crippen LogP contribution in [0.5, 0.6) is 0 Å². The number of aliphatic hydroxyl groups is 1. The number of aromatic nitrogens is 1. The van der Waals surface area contributed by atoms with Crippen molar-refractivity contribution in [3.05, 3.63) is 42.1 Å². The summed E-state index contributed by atoms with van der Waals surface area (Å²) in [6.45, 7) is 1.80. The van der Waals surface area contributed by atoms with Gasteiger partial charge in [-0.25, -0.2) is 0 Å². The molecule has 0 radical (unpaired) electrons. The molecule has 1 aromatic carbocycles. The Hall–Kier alpha value is -1.41. The Morgan fingerprint density at radius 3 is 3.00 bits per heavy atom. The fraction of sp³-hybridized carbons (Fsp3) is 0.250. The average Bonchev–Trinajstić information content (AvgIpc) is 2.17. The monoisotopic (exact) mass is 187 g/mol. The highest BCUT2D eigenvalue weighted by Crippen LogP contribution is 2.14. The van der Waals surface area contributed by atoms with Crippen LogP contribution in [0.3, 0.4) is 0 Å². The quantitative estimate of drug-likeness (QED) is 0.781. The van der Waals surface area contributed by atoms with E-state index in [-0.39, 0.29) is 6.10 Å². The van der Waals surface area contributed by atoms with Crippen molar-refractivity contribution in [1.29, 1.82) is 0 Å². The summed E-state index contributed by atoms with van der Waals surface area (Å²) in [4.78, 5) is 4.24. The maximum Gasteiger partial charge on any atom is 0.0702 e. The van der Waals surface area contributed by atoms with Crippen LogP contribution < -0.4 is 0 Å². The number of hydrogen-bond donors (Lipinski definition) is 1. The van der Waals surface area contributed by atoms with Gasteiger partial charge >= 0.3 is 0 Å². The highest BCUT2D eigenvalue weighted by molar-refractivity contribution is 5.78. The molecule has 0 fully saturated rings. The van der Waals surface area contributed by atoms with Crippen LogP contribution in [-0.4, -0.2) is 16.2 Å². The molecule has 2 aromatic rings. The molecule has 0 saturated carbocycles. The lowest BCUT2D eigenvalue weighted by molar-refractivity contribution is 0.195. The second-order valence-corrected chi connectivity index (χ2v) is 3.58. The molecule has 1 atom stereocenters. The summed E-state index contributed by atoms with van der Waals surface area (Å²) in [6, 6.07) is 10.0. The Morgan fingerprint density at radius 1 is 1.36 bits per heavy atom. The minimum Gasteiger partial charge on any atom is -0.393 e. The van der Waals surface area contributed by atoms with Gasteiger partial charge in [0.25, 0.3) is 0 Å². The molecule has 1 N–H and O–H groups in total. The fourth-order valence-corrected chi connectivity index (χ4v) is 1.59. The van der Waals surface area contributed by atoms with Crippen LogP contribution in [0.1, 0.15) is 12.5 Å². The van der Waals surface area contributed by atoms with Gasteiger partial charge in [-0.15, -0.1) is 0 Å². The van der Waals surface area contributed by atoms with E-state index in [0.717, 1.165) is 16.5 Å². The van der Waals surface area contributed by atoms with E-state index >= 15 is 0 Å². The molecule has 72 valence electrons. The van der Waals surface area contributed by atoms with Gasteiger partial charge in [0.1, 0.15) is 0 Å². The van der Waals surface area contributed by atoms with Crippen molar-refractivity contribution in [2.75, 3.05) is 0 Å². The molecule has 2 nitrogen and oxygen atoms in total. The molecule has 0 aliphatic carbocycles. The van der Waals surface area contributed by atoms with E-state index in [1.807, 2.05) is 24.3 Å². The van der Waals surface area contributed by atoms with Gasteiger partial charge in [-0.1, -0.05) is 12.1 Å². The van der Waals surface area contributed by atoms with Crippen LogP contribution in [0.25, 0.3) is 10.9 Å². The van der Waals surface area contributed by atoms with Crippen molar-refractivity contribution in [3.63, 3.8) is 0 Å². The molecule has 0 aliphatic rings. The summed E-state index contributed by atoms with van der Waals surface area (Å²) in [6.07, 6.45) is 2.20. The first-order chi connectivity index (χ1) is 6.75. The van der Waals surface area contributed by atoms with E-state index in [4.69, 9.17) is 0 Å². The maximum absolute atomic E-state index is 9.26. The molecule has 1 aromatic heterocycles. The van der Waals surface area contributed by atoms with Gasteiger partial charge in [-0.2, -0.15) is 0 Å². The van der Waals surface area contributed by atoms with Gasteiger partial charge in [0.05, 0.1) is 11.6 Å². The molecule has 1 unspecified atom stereocenters. The Balaban J connectivity index is 2.41. The van der Waals surface area contributed by atoms with Crippen molar-refractivity contribution in [2.45, 2.75) is 19.4 Å². The van der Waals surface area contributed by atoms with Crippen molar-refractivity contribution in [2.24, 2.45) is 0 Å². The highest BCUT2D eigenvalue weighted by Gasteiger charge is 2.00. The third-order valence-corrected chi connectivity index (χ3v) is 2.20. The number of fused-ring (bicyclic) bond motifs is 1. The Kier molecular flexibility index (Phi) is 2.46. The number of benzene rings is 1. The number of aliphatic hydroxyl groups excluding tert-OH is 1. The topological polar surface area (TPSA) is 33.1 Å². The molecule has 1 heterocycles. The summed E-state index contributed by atoms with van der Waals surface area (Å²) in [5.74, 6) is 0. The number of rotatable bonds is 2. The first-order valence-corrected chi connectivity index (χ1v) is 4.77. The van der Waals surface area contributed by atoms with Gasteiger partial charge in [0, 0.05) is 11.6 Å². The van der Waals surface area contributed by atoms with Crippen LogP contribution in [0.15, 0.2) is 36.5 Å². The van der Waals surface area contributed by atoms with Crippen molar-refractivity contribution < 1.29 is 5.11 Å². The Morgan fingerprint density at radius 2 is 2.21 bits per heavy atom. The van der Waals surface area contributed by atoms with Crippen LogP contribution >= 0.6 is 0 Å². The van der Waals surface area contributed by atoms with Gasteiger partial charge in [0.15, 0.2) is 0 Å². The van der Waals surface area contributed by atoms with Crippen LogP contribution in [-0.2, 0) is 6.42 Å². The number of pyridine rings is 1. The van der Waals surface area contributed by atoms with Gasteiger partial charge in [-0.05, 0) is 37.1 Å². The Labute approximate surface area is 83.2 Å². The zero-order chi connectivity index (χ0) is 9.97. The number of nitrogens with zero attached hydrogens (tertiary/aromatic N) is 1. The molecule has 0 aliphatic heterocycles. The van der Waals surface area contributed by atoms with Crippen LogP contribution in [0.2, 0.25) is 0 Å². The molecule has 2 rings (SSSR count). The normalized spacial score (nSPS) is 13.0. The molecule has 0 bridgehead atoms. The van der Waals surface area contributed by atoms with E-state index < -0.39 is 0 Å². The maximum atomic E-state index is 9.26. The van der Waals surface area contributed by atoms with E-state index in [9.17, 15) is 5.11 Å². The fourth-order valence-electron chi connectivity index (χ4n) is 1.59. The minimum absolute atomic E-state index is 0.288. The summed E-state index contributed by atoms with van der Waals surface area (Å²) in [5.41, 5.74) is 2.15. The zero-order valence-electron chi connectivity index (χ0n) is 8.14. The SMILES string of the molecule is CC(O)Cc1ccc2ncccc2c1. The second-order valence-electron chi connectivity index (χ2n) is 3.58. The second kappa shape index (κ2) is 3.76. The van der Waals surface area contributed by atoms with Gasteiger partial charge in [-0.3, -0.25) is 4.98 Å². The van der Waals surface area contributed by atoms with Crippen LogP contribution in [0, 0.1) is 0 Å². The molecule has 0 spiro atoms. The van der Waals surface area contributed by atoms with E-state index in [0.29, 0.717) is 6.42 Å². The molecular weight excluding hydrogens is 174 g/mol. The first kappa shape index (κ1) is 9.16. The molecule has 14 heavy (non-hydrogen) atoms. The lowest BCUT2D eigenvalue weighted by Gasteiger charge is -2.05. The standard InChI is InChI=1S/C12H13NO/c1-9(14)7-10-4-5-12-11(8-10)3-2-6-13-12/h2-6,8-9,14H,7H2,1H3. The van der Waals surface area contributed by atoms with E-state index in [1.54, 1.807) is 13.1 Å². The van der Waals surface area contributed by atoms with Crippen LogP contribution in [0.4, 0.5) is 0 Å². The van der Waals surface area contributed by atoms with Crippen molar-refractivity contribution in [1.82, 2.24) is 4.98 Å². The van der Waals surface area contributed by atoms with Gasteiger partial charge < -0.3 is 5.11 Å². The third kappa shape index (κ3) is 1.91. The zero-order valence-corrected chi connectivity index (χ0v) is 8.14. The Bertz CT molecular complexity index is 437. The first-order valence-electron chi connectivity index (χ1n) is 4.77. The molecule has 0 saturated heterocycles. The highest BCUT2D eigenvalue weighted by atomic mass is 16.3. The lowest BCUT2D eigenvalue weighted by Crippen LogP contribution is -2.03. The summed E-state index contributed by atoms with van der Waals surface area (Å²) >= 11 is 0. The third-order valence-electron chi connectivity index (χ3n) is 2.20. The van der Waals surface area contributed by atoms with Crippen molar-refractivity contribution in [3.8, 4) is 0 Å². The van der Waals surface area contributed by atoms with Crippen molar-refractivity contribution >= 4 is 10.9 Å². The molecule has 0 amide bonds. The van der Waals surface area contributed by atoms with Gasteiger partial charge in [0.2, 0.25) is 0 Å². The smallest absolute Gasteiger partial charge is 0.0702 e. The van der Waals surface area contributed by atoms with E-state index in [1.165, 1.54) is 0 Å². The average molecular weight is 187 g/mol. The van der Waals surface area contributed by atoms with E-state index in [2.05, 4.69) is 11.1 Å². The summed E-state index contributed by atoms with van der Waals surface area (Å²) in [7, 11) is 0. The predicted molar refractivity (Wildman–Crippen MR) is 57.1 cm³/mol.